The Bertz CT molecular complexity index is 1080. The van der Waals surface area contributed by atoms with E-state index in [-0.39, 0.29) is 5.91 Å². The number of benzene rings is 2. The highest BCUT2D eigenvalue weighted by Gasteiger charge is 2.22. The van der Waals surface area contributed by atoms with Gasteiger partial charge in [-0.2, -0.15) is 0 Å². The van der Waals surface area contributed by atoms with Crippen molar-refractivity contribution >= 4 is 5.91 Å². The van der Waals surface area contributed by atoms with Gasteiger partial charge in [0.15, 0.2) is 0 Å². The number of rotatable bonds is 3. The normalized spacial score (nSPS) is 12.5. The lowest BCUT2D eigenvalue weighted by atomic mass is 9.99. The van der Waals surface area contributed by atoms with E-state index < -0.39 is 0 Å². The fraction of sp³-hybridized carbons (Fsp3) is 0.200. The van der Waals surface area contributed by atoms with Gasteiger partial charge in [-0.05, 0) is 60.7 Å². The molecule has 1 amide bonds. The summed E-state index contributed by atoms with van der Waals surface area (Å²) in [5.41, 5.74) is 4.54. The van der Waals surface area contributed by atoms with Crippen LogP contribution in [0.2, 0.25) is 0 Å². The molecule has 4 heteroatoms. The second kappa shape index (κ2) is 8.62. The van der Waals surface area contributed by atoms with Gasteiger partial charge in [0.1, 0.15) is 11.4 Å². The van der Waals surface area contributed by atoms with E-state index in [4.69, 9.17) is 4.74 Å². The van der Waals surface area contributed by atoms with Gasteiger partial charge >= 0.3 is 0 Å². The molecule has 29 heavy (non-hydrogen) atoms. The summed E-state index contributed by atoms with van der Waals surface area (Å²) in [5, 5.41) is 0. The van der Waals surface area contributed by atoms with Gasteiger partial charge in [0, 0.05) is 24.8 Å². The van der Waals surface area contributed by atoms with Crippen molar-refractivity contribution in [3.05, 3.63) is 94.8 Å². The van der Waals surface area contributed by atoms with Crippen molar-refractivity contribution < 1.29 is 9.53 Å². The maximum atomic E-state index is 13.1. The number of fused-ring (bicyclic) bond motifs is 1. The van der Waals surface area contributed by atoms with E-state index in [0.717, 1.165) is 13.0 Å². The number of ether oxygens (including phenoxy) is 1. The van der Waals surface area contributed by atoms with Crippen LogP contribution in [0.15, 0.2) is 66.9 Å². The number of hydrogen-bond donors (Lipinski definition) is 0. The summed E-state index contributed by atoms with van der Waals surface area (Å²) in [6, 6.07) is 19.4. The Morgan fingerprint density at radius 1 is 1.07 bits per heavy atom. The van der Waals surface area contributed by atoms with E-state index in [1.807, 2.05) is 54.3 Å². The Hall–Kier alpha value is -3.58. The summed E-state index contributed by atoms with van der Waals surface area (Å²) >= 11 is 0. The third-order valence-electron chi connectivity index (χ3n) is 4.93. The molecule has 0 bridgehead atoms. The lowest BCUT2D eigenvalue weighted by molar-refractivity contribution is 0.0734. The zero-order chi connectivity index (χ0) is 20.1. The van der Waals surface area contributed by atoms with Gasteiger partial charge in [0.25, 0.3) is 5.91 Å². The monoisotopic (exact) mass is 382 g/mol. The van der Waals surface area contributed by atoms with E-state index in [1.165, 1.54) is 11.1 Å². The van der Waals surface area contributed by atoms with E-state index in [2.05, 4.69) is 35.0 Å². The van der Waals surface area contributed by atoms with Crippen LogP contribution in [0.1, 0.15) is 39.7 Å². The highest BCUT2D eigenvalue weighted by atomic mass is 16.5. The van der Waals surface area contributed by atoms with Gasteiger partial charge in [-0.3, -0.25) is 4.79 Å². The summed E-state index contributed by atoms with van der Waals surface area (Å²) in [4.78, 5) is 19.3. The smallest absolute Gasteiger partial charge is 0.254 e. The first-order valence-corrected chi connectivity index (χ1v) is 9.80. The standard InChI is InChI=1S/C25H22N2O2/c1-2-29-24-13-11-21(17-20(24)10-12-23-9-5-6-15-26-23)25(28)27-16-14-19-7-3-4-8-22(19)18-27/h3-9,11,13,15,17H,2,14,16,18H2,1H3. The van der Waals surface area contributed by atoms with Crippen molar-refractivity contribution in [3.8, 4) is 17.6 Å². The van der Waals surface area contributed by atoms with Gasteiger partial charge < -0.3 is 9.64 Å². The highest BCUT2D eigenvalue weighted by Crippen LogP contribution is 2.24. The average Bonchev–Trinajstić information content (AvgIpc) is 2.78. The predicted octanol–water partition coefficient (Wildman–Crippen LogP) is 4.08. The SMILES string of the molecule is CCOc1ccc(C(=O)N2CCc3ccccc3C2)cc1C#Cc1ccccn1. The fourth-order valence-corrected chi connectivity index (χ4v) is 3.46. The topological polar surface area (TPSA) is 42.4 Å². The molecule has 1 aliphatic heterocycles. The van der Waals surface area contributed by atoms with Crippen molar-refractivity contribution in [2.24, 2.45) is 0 Å². The molecule has 0 spiro atoms. The number of carbonyl (C=O) groups is 1. The van der Waals surface area contributed by atoms with E-state index in [9.17, 15) is 4.79 Å². The zero-order valence-electron chi connectivity index (χ0n) is 16.4. The molecule has 0 saturated carbocycles. The van der Waals surface area contributed by atoms with Crippen molar-refractivity contribution in [2.75, 3.05) is 13.2 Å². The summed E-state index contributed by atoms with van der Waals surface area (Å²) in [5.74, 6) is 6.87. The number of carbonyl (C=O) groups excluding carboxylic acids is 1. The number of aromatic nitrogens is 1. The minimum absolute atomic E-state index is 0.0171. The van der Waals surface area contributed by atoms with Crippen molar-refractivity contribution in [2.45, 2.75) is 19.9 Å². The highest BCUT2D eigenvalue weighted by molar-refractivity contribution is 5.95. The minimum atomic E-state index is 0.0171. The van der Waals surface area contributed by atoms with E-state index in [0.29, 0.717) is 35.7 Å². The van der Waals surface area contributed by atoms with Crippen LogP contribution in [-0.4, -0.2) is 28.9 Å². The second-order valence-electron chi connectivity index (χ2n) is 6.85. The Kier molecular flexibility index (Phi) is 5.58. The second-order valence-corrected chi connectivity index (χ2v) is 6.85. The van der Waals surface area contributed by atoms with Gasteiger partial charge in [0.05, 0.1) is 12.2 Å². The number of hydrogen-bond acceptors (Lipinski definition) is 3. The van der Waals surface area contributed by atoms with E-state index >= 15 is 0 Å². The van der Waals surface area contributed by atoms with Gasteiger partial charge in [-0.15, -0.1) is 0 Å². The first-order chi connectivity index (χ1) is 14.2. The average molecular weight is 382 g/mol. The van der Waals surface area contributed by atoms with Crippen LogP contribution in [0.25, 0.3) is 0 Å². The molecule has 4 nitrogen and oxygen atoms in total. The van der Waals surface area contributed by atoms with Crippen LogP contribution >= 0.6 is 0 Å². The number of pyridine rings is 1. The predicted molar refractivity (Wildman–Crippen MR) is 113 cm³/mol. The maximum Gasteiger partial charge on any atom is 0.254 e. The molecular formula is C25H22N2O2. The van der Waals surface area contributed by atoms with Crippen molar-refractivity contribution in [1.29, 1.82) is 0 Å². The van der Waals surface area contributed by atoms with Crippen LogP contribution in [0.3, 0.4) is 0 Å². The molecule has 4 rings (SSSR count). The van der Waals surface area contributed by atoms with Crippen molar-refractivity contribution in [3.63, 3.8) is 0 Å². The molecule has 1 aliphatic rings. The van der Waals surface area contributed by atoms with Gasteiger partial charge in [0.2, 0.25) is 0 Å². The zero-order valence-corrected chi connectivity index (χ0v) is 16.4. The quantitative estimate of drug-likeness (QED) is 0.641. The van der Waals surface area contributed by atoms with Crippen LogP contribution in [-0.2, 0) is 13.0 Å². The van der Waals surface area contributed by atoms with Crippen LogP contribution in [0.4, 0.5) is 0 Å². The lowest BCUT2D eigenvalue weighted by Crippen LogP contribution is -2.35. The molecule has 2 aromatic carbocycles. The Labute approximate surface area is 171 Å². The summed E-state index contributed by atoms with van der Waals surface area (Å²) in [7, 11) is 0. The van der Waals surface area contributed by atoms with Crippen LogP contribution in [0, 0.1) is 11.8 Å². The Morgan fingerprint density at radius 2 is 1.90 bits per heavy atom. The molecule has 1 aromatic heterocycles. The molecule has 0 N–H and O–H groups in total. The maximum absolute atomic E-state index is 13.1. The molecule has 3 aromatic rings. The first-order valence-electron chi connectivity index (χ1n) is 9.80. The van der Waals surface area contributed by atoms with Crippen molar-refractivity contribution in [1.82, 2.24) is 9.88 Å². The Balaban J connectivity index is 1.61. The fourth-order valence-electron chi connectivity index (χ4n) is 3.46. The summed E-state index contributed by atoms with van der Waals surface area (Å²) in [6.45, 7) is 3.82. The number of nitrogens with zero attached hydrogens (tertiary/aromatic N) is 2. The first kappa shape index (κ1) is 18.8. The third kappa shape index (κ3) is 4.30. The molecular weight excluding hydrogens is 360 g/mol. The molecule has 0 unspecified atom stereocenters. The van der Waals surface area contributed by atoms with Crippen LogP contribution in [0.5, 0.6) is 5.75 Å². The van der Waals surface area contributed by atoms with E-state index in [1.54, 1.807) is 6.20 Å². The molecule has 0 aliphatic carbocycles. The molecule has 2 heterocycles. The minimum Gasteiger partial charge on any atom is -0.493 e. The third-order valence-corrected chi connectivity index (χ3v) is 4.93. The summed E-state index contributed by atoms with van der Waals surface area (Å²) < 4.78 is 5.70. The van der Waals surface area contributed by atoms with Crippen LogP contribution < -0.4 is 4.74 Å². The molecule has 0 saturated heterocycles. The van der Waals surface area contributed by atoms with Gasteiger partial charge in [-0.1, -0.05) is 36.3 Å². The Morgan fingerprint density at radius 3 is 2.69 bits per heavy atom. The van der Waals surface area contributed by atoms with Gasteiger partial charge in [-0.25, -0.2) is 4.98 Å². The molecule has 144 valence electrons. The largest absolute Gasteiger partial charge is 0.493 e. The lowest BCUT2D eigenvalue weighted by Gasteiger charge is -2.29. The molecule has 0 fully saturated rings. The number of amides is 1. The molecule has 0 radical (unpaired) electrons. The summed E-state index contributed by atoms with van der Waals surface area (Å²) in [6.07, 6.45) is 2.59. The molecule has 0 atom stereocenters.